The van der Waals surface area contributed by atoms with E-state index in [0.717, 1.165) is 5.56 Å². The standard InChI is InChI=1S/C12H15N5O2S/c1-8-15-7-11(17-8)20(18,19)16-6-9-2-4-10(5-3-9)12(13)14/h2-5,7,16H,6H2,1H3,(H3,13,14)(H,15,17). The van der Waals surface area contributed by atoms with Gasteiger partial charge in [-0.1, -0.05) is 24.3 Å². The molecule has 5 N–H and O–H groups in total. The molecule has 1 aromatic carbocycles. The highest BCUT2D eigenvalue weighted by Gasteiger charge is 2.15. The van der Waals surface area contributed by atoms with E-state index in [1.165, 1.54) is 6.20 Å². The summed E-state index contributed by atoms with van der Waals surface area (Å²) in [6.45, 7) is 1.83. The molecule has 0 aliphatic heterocycles. The van der Waals surface area contributed by atoms with Gasteiger partial charge in [-0.25, -0.2) is 18.1 Å². The third kappa shape index (κ3) is 3.22. The van der Waals surface area contributed by atoms with E-state index in [4.69, 9.17) is 11.1 Å². The molecule has 0 saturated heterocycles. The lowest BCUT2D eigenvalue weighted by Crippen LogP contribution is -2.23. The number of sulfonamides is 1. The predicted molar refractivity (Wildman–Crippen MR) is 74.8 cm³/mol. The summed E-state index contributed by atoms with van der Waals surface area (Å²) < 4.78 is 26.4. The van der Waals surface area contributed by atoms with Crippen molar-refractivity contribution in [2.45, 2.75) is 18.5 Å². The SMILES string of the molecule is Cc1ncc(S(=O)(=O)NCc2ccc(C(=N)N)cc2)[nH]1. The fourth-order valence-electron chi connectivity index (χ4n) is 1.59. The Hall–Kier alpha value is -2.19. The van der Waals surface area contributed by atoms with Crippen LogP contribution in [0.2, 0.25) is 0 Å². The number of hydrogen-bond donors (Lipinski definition) is 4. The molecule has 0 aliphatic carbocycles. The average molecular weight is 293 g/mol. The van der Waals surface area contributed by atoms with Gasteiger partial charge in [0.1, 0.15) is 11.7 Å². The van der Waals surface area contributed by atoms with Crippen LogP contribution in [-0.2, 0) is 16.6 Å². The predicted octanol–water partition coefficient (Wildman–Crippen LogP) is 0.481. The molecule has 0 bridgehead atoms. The largest absolute Gasteiger partial charge is 0.384 e. The number of nitrogens with zero attached hydrogens (tertiary/aromatic N) is 1. The van der Waals surface area contributed by atoms with E-state index in [9.17, 15) is 8.42 Å². The molecular weight excluding hydrogens is 278 g/mol. The van der Waals surface area contributed by atoms with Crippen LogP contribution < -0.4 is 10.5 Å². The Morgan fingerprint density at radius 1 is 1.40 bits per heavy atom. The van der Waals surface area contributed by atoms with E-state index in [1.807, 2.05) is 0 Å². The first kappa shape index (κ1) is 14.2. The summed E-state index contributed by atoms with van der Waals surface area (Å²) in [5.41, 5.74) is 6.72. The minimum Gasteiger partial charge on any atom is -0.384 e. The van der Waals surface area contributed by atoms with Crippen molar-refractivity contribution < 1.29 is 8.42 Å². The van der Waals surface area contributed by atoms with Crippen LogP contribution in [0.15, 0.2) is 35.5 Å². The fraction of sp³-hybridized carbons (Fsp3) is 0.167. The molecule has 0 amide bonds. The zero-order valence-electron chi connectivity index (χ0n) is 10.8. The van der Waals surface area contributed by atoms with Crippen LogP contribution >= 0.6 is 0 Å². The molecular formula is C12H15N5O2S. The highest BCUT2D eigenvalue weighted by atomic mass is 32.2. The lowest BCUT2D eigenvalue weighted by atomic mass is 10.1. The van der Waals surface area contributed by atoms with Gasteiger partial charge < -0.3 is 10.7 Å². The van der Waals surface area contributed by atoms with Crippen molar-refractivity contribution in [3.8, 4) is 0 Å². The van der Waals surface area contributed by atoms with Crippen molar-refractivity contribution in [3.63, 3.8) is 0 Å². The van der Waals surface area contributed by atoms with Gasteiger partial charge in [0.2, 0.25) is 0 Å². The maximum atomic E-state index is 12.0. The second kappa shape index (κ2) is 5.43. The summed E-state index contributed by atoms with van der Waals surface area (Å²) in [6.07, 6.45) is 1.27. The molecule has 2 aromatic rings. The molecule has 1 aromatic heterocycles. The molecule has 0 fully saturated rings. The number of nitrogens with one attached hydrogen (secondary N) is 3. The Balaban J connectivity index is 2.06. The summed E-state index contributed by atoms with van der Waals surface area (Å²) >= 11 is 0. The van der Waals surface area contributed by atoms with Gasteiger partial charge >= 0.3 is 0 Å². The summed E-state index contributed by atoms with van der Waals surface area (Å²) in [4.78, 5) is 6.53. The number of nitrogen functional groups attached to an aromatic ring is 1. The minimum atomic E-state index is -3.60. The summed E-state index contributed by atoms with van der Waals surface area (Å²) in [5, 5.41) is 7.31. The maximum Gasteiger partial charge on any atom is 0.257 e. The van der Waals surface area contributed by atoms with Crippen molar-refractivity contribution in [2.75, 3.05) is 0 Å². The van der Waals surface area contributed by atoms with Crippen molar-refractivity contribution in [1.29, 1.82) is 5.41 Å². The number of H-pyrrole nitrogens is 1. The number of hydrogen-bond acceptors (Lipinski definition) is 4. The number of benzene rings is 1. The second-order valence-corrected chi connectivity index (χ2v) is 6.00. The smallest absolute Gasteiger partial charge is 0.257 e. The quantitative estimate of drug-likeness (QED) is 0.472. The number of nitrogens with two attached hydrogens (primary N) is 1. The third-order valence-corrected chi connectivity index (χ3v) is 4.01. The zero-order chi connectivity index (χ0) is 14.8. The lowest BCUT2D eigenvalue weighted by Gasteiger charge is -2.05. The Bertz CT molecular complexity index is 719. The van der Waals surface area contributed by atoms with Crippen molar-refractivity contribution in [1.82, 2.24) is 14.7 Å². The number of aromatic nitrogens is 2. The van der Waals surface area contributed by atoms with E-state index in [1.54, 1.807) is 31.2 Å². The van der Waals surface area contributed by atoms with Gasteiger partial charge in [-0.05, 0) is 12.5 Å². The highest BCUT2D eigenvalue weighted by molar-refractivity contribution is 7.89. The van der Waals surface area contributed by atoms with E-state index in [2.05, 4.69) is 14.7 Å². The van der Waals surface area contributed by atoms with E-state index in [0.29, 0.717) is 11.4 Å². The normalized spacial score (nSPS) is 11.4. The van der Waals surface area contributed by atoms with Gasteiger partial charge in [0.25, 0.3) is 10.0 Å². The van der Waals surface area contributed by atoms with Gasteiger partial charge in [-0.15, -0.1) is 0 Å². The molecule has 0 atom stereocenters. The molecule has 8 heteroatoms. The molecule has 0 radical (unpaired) electrons. The van der Waals surface area contributed by atoms with Gasteiger partial charge in [-0.2, -0.15) is 0 Å². The topological polar surface area (TPSA) is 125 Å². The van der Waals surface area contributed by atoms with Gasteiger partial charge in [0.05, 0.1) is 6.20 Å². The number of imidazole rings is 1. The third-order valence-electron chi connectivity index (χ3n) is 2.70. The maximum absolute atomic E-state index is 12.0. The van der Waals surface area contributed by atoms with Crippen molar-refractivity contribution in [3.05, 3.63) is 47.4 Å². The van der Waals surface area contributed by atoms with Crippen LogP contribution in [0.1, 0.15) is 17.0 Å². The van der Waals surface area contributed by atoms with Crippen molar-refractivity contribution in [2.24, 2.45) is 5.73 Å². The first-order chi connectivity index (χ1) is 9.38. The number of rotatable bonds is 5. The lowest BCUT2D eigenvalue weighted by molar-refractivity contribution is 0.578. The van der Waals surface area contributed by atoms with Crippen LogP contribution in [0.4, 0.5) is 0 Å². The molecule has 0 saturated carbocycles. The Morgan fingerprint density at radius 3 is 2.55 bits per heavy atom. The molecule has 0 aliphatic rings. The summed E-state index contributed by atoms with van der Waals surface area (Å²) in [6, 6.07) is 6.79. The van der Waals surface area contributed by atoms with Crippen LogP contribution in [0.5, 0.6) is 0 Å². The summed E-state index contributed by atoms with van der Waals surface area (Å²) in [7, 11) is -3.60. The highest BCUT2D eigenvalue weighted by Crippen LogP contribution is 2.08. The number of amidine groups is 1. The molecule has 0 spiro atoms. The number of aromatic amines is 1. The van der Waals surface area contributed by atoms with E-state index in [-0.39, 0.29) is 17.4 Å². The monoisotopic (exact) mass is 293 g/mol. The Morgan fingerprint density at radius 2 is 2.05 bits per heavy atom. The first-order valence-electron chi connectivity index (χ1n) is 5.83. The van der Waals surface area contributed by atoms with Gasteiger partial charge in [0, 0.05) is 12.1 Å². The molecule has 7 nitrogen and oxygen atoms in total. The van der Waals surface area contributed by atoms with Crippen LogP contribution in [0, 0.1) is 12.3 Å². The van der Waals surface area contributed by atoms with Gasteiger partial charge in [0.15, 0.2) is 5.03 Å². The van der Waals surface area contributed by atoms with Crippen molar-refractivity contribution >= 4 is 15.9 Å². The Labute approximate surface area is 116 Å². The Kier molecular flexibility index (Phi) is 3.86. The van der Waals surface area contributed by atoms with Crippen LogP contribution in [0.25, 0.3) is 0 Å². The molecule has 2 rings (SSSR count). The van der Waals surface area contributed by atoms with E-state index >= 15 is 0 Å². The summed E-state index contributed by atoms with van der Waals surface area (Å²) in [5.74, 6) is 0.515. The van der Waals surface area contributed by atoms with Crippen LogP contribution in [-0.4, -0.2) is 24.2 Å². The van der Waals surface area contributed by atoms with Crippen LogP contribution in [0.3, 0.4) is 0 Å². The molecule has 0 unspecified atom stereocenters. The van der Waals surface area contributed by atoms with Gasteiger partial charge in [-0.3, -0.25) is 5.41 Å². The number of aryl methyl sites for hydroxylation is 1. The van der Waals surface area contributed by atoms with E-state index < -0.39 is 10.0 Å². The molecule has 20 heavy (non-hydrogen) atoms. The fourth-order valence-corrected chi connectivity index (χ4v) is 2.58. The molecule has 1 heterocycles. The minimum absolute atomic E-state index is 0.0231. The second-order valence-electron chi connectivity index (χ2n) is 4.27. The average Bonchev–Trinajstić information content (AvgIpc) is 2.84. The molecule has 106 valence electrons. The first-order valence-corrected chi connectivity index (χ1v) is 7.31. The zero-order valence-corrected chi connectivity index (χ0v) is 11.7.